The Morgan fingerprint density at radius 1 is 1.37 bits per heavy atom. The summed E-state index contributed by atoms with van der Waals surface area (Å²) in [5.41, 5.74) is 6.17. The number of hydrogen-bond donors (Lipinski definition) is 1. The van der Waals surface area contributed by atoms with Crippen LogP contribution in [-0.2, 0) is 9.53 Å². The number of carbonyl (C=O) groups excluding carboxylic acids is 2. The molecule has 0 unspecified atom stereocenters. The van der Waals surface area contributed by atoms with E-state index < -0.39 is 5.97 Å². The molecule has 0 spiro atoms. The van der Waals surface area contributed by atoms with Crippen molar-refractivity contribution in [3.8, 4) is 0 Å². The number of anilines is 1. The van der Waals surface area contributed by atoms with Crippen LogP contribution in [0.2, 0.25) is 5.02 Å². The lowest BCUT2D eigenvalue weighted by atomic mass is 10.2. The van der Waals surface area contributed by atoms with Crippen LogP contribution in [0.3, 0.4) is 0 Å². The quantitative estimate of drug-likeness (QED) is 0.677. The molecule has 0 aliphatic heterocycles. The molecule has 0 bridgehead atoms. The number of rotatable bonds is 4. The Morgan fingerprint density at radius 2 is 2.00 bits per heavy atom. The van der Waals surface area contributed by atoms with Crippen molar-refractivity contribution in [2.24, 2.45) is 0 Å². The summed E-state index contributed by atoms with van der Waals surface area (Å²) in [6, 6.07) is 4.46. The largest absolute Gasteiger partial charge is 0.452 e. The van der Waals surface area contributed by atoms with Gasteiger partial charge in [0.15, 0.2) is 6.61 Å². The highest BCUT2D eigenvalue weighted by Crippen LogP contribution is 2.17. The van der Waals surface area contributed by atoms with E-state index in [0.717, 1.165) is 0 Å². The molecule has 6 heteroatoms. The second kappa shape index (κ2) is 6.43. The van der Waals surface area contributed by atoms with E-state index in [0.29, 0.717) is 10.7 Å². The van der Waals surface area contributed by atoms with Crippen molar-refractivity contribution in [3.63, 3.8) is 0 Å². The second-order valence-electron chi connectivity index (χ2n) is 4.45. The van der Waals surface area contributed by atoms with Gasteiger partial charge in [0.25, 0.3) is 5.91 Å². The first kappa shape index (κ1) is 15.3. The van der Waals surface area contributed by atoms with Crippen LogP contribution < -0.4 is 5.73 Å². The number of ether oxygens (including phenoxy) is 1. The molecule has 0 fully saturated rings. The summed E-state index contributed by atoms with van der Waals surface area (Å²) in [6.45, 7) is 3.44. The predicted octanol–water partition coefficient (Wildman–Crippen LogP) is 1.95. The summed E-state index contributed by atoms with van der Waals surface area (Å²) in [7, 11) is 1.65. The highest BCUT2D eigenvalue weighted by Gasteiger charge is 2.15. The van der Waals surface area contributed by atoms with Crippen molar-refractivity contribution >= 4 is 29.2 Å². The third-order valence-electron chi connectivity index (χ3n) is 2.65. The molecule has 0 atom stereocenters. The van der Waals surface area contributed by atoms with Crippen LogP contribution >= 0.6 is 11.6 Å². The van der Waals surface area contributed by atoms with Crippen LogP contribution in [0.15, 0.2) is 18.2 Å². The maximum atomic E-state index is 11.7. The van der Waals surface area contributed by atoms with Gasteiger partial charge in [0.2, 0.25) is 0 Å². The van der Waals surface area contributed by atoms with Crippen LogP contribution in [0.4, 0.5) is 5.69 Å². The highest BCUT2D eigenvalue weighted by atomic mass is 35.5. The number of nitrogens with zero attached hydrogens (tertiary/aromatic N) is 1. The molecule has 0 aromatic heterocycles. The molecule has 1 aromatic rings. The number of esters is 1. The zero-order valence-electron chi connectivity index (χ0n) is 11.1. The minimum atomic E-state index is -0.625. The molecule has 1 aromatic carbocycles. The Kier molecular flexibility index (Phi) is 5.18. The second-order valence-corrected chi connectivity index (χ2v) is 4.88. The van der Waals surface area contributed by atoms with Crippen molar-refractivity contribution in [1.29, 1.82) is 0 Å². The van der Waals surface area contributed by atoms with E-state index in [4.69, 9.17) is 22.1 Å². The molecule has 5 nitrogen and oxygen atoms in total. The molecular weight excluding hydrogens is 268 g/mol. The molecule has 2 N–H and O–H groups in total. The number of hydrogen-bond acceptors (Lipinski definition) is 4. The first-order valence-corrected chi connectivity index (χ1v) is 6.18. The monoisotopic (exact) mass is 284 g/mol. The lowest BCUT2D eigenvalue weighted by Gasteiger charge is -2.21. The third kappa shape index (κ3) is 4.44. The molecule has 0 aliphatic rings. The van der Waals surface area contributed by atoms with Crippen LogP contribution in [0.1, 0.15) is 24.2 Å². The number of halogens is 1. The molecular formula is C13H17ClN2O3. The van der Waals surface area contributed by atoms with Gasteiger partial charge in [0.05, 0.1) is 5.56 Å². The maximum absolute atomic E-state index is 11.7. The van der Waals surface area contributed by atoms with E-state index in [-0.39, 0.29) is 24.1 Å². The van der Waals surface area contributed by atoms with Gasteiger partial charge < -0.3 is 15.4 Å². The number of nitrogen functional groups attached to an aromatic ring is 1. The van der Waals surface area contributed by atoms with Gasteiger partial charge in [-0.1, -0.05) is 11.6 Å². The molecule has 0 saturated carbocycles. The number of nitrogens with two attached hydrogens (primary N) is 1. The minimum absolute atomic E-state index is 0.0491. The van der Waals surface area contributed by atoms with Crippen LogP contribution in [0, 0.1) is 0 Å². The fourth-order valence-electron chi connectivity index (χ4n) is 1.33. The first-order chi connectivity index (χ1) is 8.81. The smallest absolute Gasteiger partial charge is 0.338 e. The molecule has 0 aliphatic carbocycles. The Balaban J connectivity index is 2.63. The van der Waals surface area contributed by atoms with E-state index in [2.05, 4.69) is 0 Å². The van der Waals surface area contributed by atoms with Crippen LogP contribution in [0.5, 0.6) is 0 Å². The van der Waals surface area contributed by atoms with Crippen LogP contribution in [-0.4, -0.2) is 36.5 Å². The minimum Gasteiger partial charge on any atom is -0.452 e. The van der Waals surface area contributed by atoms with E-state index in [9.17, 15) is 9.59 Å². The topological polar surface area (TPSA) is 72.6 Å². The normalized spacial score (nSPS) is 10.4. The maximum Gasteiger partial charge on any atom is 0.338 e. The van der Waals surface area contributed by atoms with E-state index in [1.54, 1.807) is 7.05 Å². The van der Waals surface area contributed by atoms with Gasteiger partial charge >= 0.3 is 5.97 Å². The zero-order valence-corrected chi connectivity index (χ0v) is 11.9. The predicted molar refractivity (Wildman–Crippen MR) is 74.1 cm³/mol. The molecule has 1 rings (SSSR count). The lowest BCUT2D eigenvalue weighted by Crippen LogP contribution is -2.36. The van der Waals surface area contributed by atoms with E-state index in [1.807, 2.05) is 13.8 Å². The van der Waals surface area contributed by atoms with Crippen molar-refractivity contribution < 1.29 is 14.3 Å². The van der Waals surface area contributed by atoms with Crippen molar-refractivity contribution in [3.05, 3.63) is 28.8 Å². The van der Waals surface area contributed by atoms with Gasteiger partial charge in [0.1, 0.15) is 0 Å². The molecule has 0 heterocycles. The van der Waals surface area contributed by atoms with Gasteiger partial charge in [0, 0.05) is 23.8 Å². The fraction of sp³-hybridized carbons (Fsp3) is 0.385. The Bertz CT molecular complexity index is 469. The van der Waals surface area contributed by atoms with E-state index >= 15 is 0 Å². The van der Waals surface area contributed by atoms with Crippen molar-refractivity contribution in [2.75, 3.05) is 19.4 Å². The third-order valence-corrected chi connectivity index (χ3v) is 2.87. The lowest BCUT2D eigenvalue weighted by molar-refractivity contribution is -0.134. The molecule has 1 amide bonds. The van der Waals surface area contributed by atoms with Crippen molar-refractivity contribution in [2.45, 2.75) is 19.9 Å². The molecule has 0 saturated heterocycles. The average molecular weight is 285 g/mol. The van der Waals surface area contributed by atoms with Crippen LogP contribution in [0.25, 0.3) is 0 Å². The Morgan fingerprint density at radius 3 is 2.53 bits per heavy atom. The summed E-state index contributed by atoms with van der Waals surface area (Å²) < 4.78 is 4.93. The number of likely N-dealkylation sites (N-methyl/N-ethyl adjacent to an activating group) is 1. The number of carbonyl (C=O) groups is 2. The summed E-state index contributed by atoms with van der Waals surface area (Å²) in [5.74, 6) is -0.891. The summed E-state index contributed by atoms with van der Waals surface area (Å²) in [5, 5.41) is 0.345. The van der Waals surface area contributed by atoms with Gasteiger partial charge in [-0.25, -0.2) is 4.79 Å². The molecule has 0 radical (unpaired) electrons. The standard InChI is InChI=1S/C13H17ClN2O3/c1-8(2)16(3)12(17)7-19-13(18)9-4-10(14)6-11(15)5-9/h4-6,8H,7,15H2,1-3H3. The fourth-order valence-corrected chi connectivity index (χ4v) is 1.57. The van der Waals surface area contributed by atoms with Gasteiger partial charge in [-0.05, 0) is 32.0 Å². The van der Waals surface area contributed by atoms with Gasteiger partial charge in [-0.2, -0.15) is 0 Å². The van der Waals surface area contributed by atoms with E-state index in [1.165, 1.54) is 23.1 Å². The number of amides is 1. The van der Waals surface area contributed by atoms with Crippen molar-refractivity contribution in [1.82, 2.24) is 4.90 Å². The molecule has 104 valence electrons. The average Bonchev–Trinajstić information content (AvgIpc) is 2.33. The van der Waals surface area contributed by atoms with Gasteiger partial charge in [-0.3, -0.25) is 4.79 Å². The summed E-state index contributed by atoms with van der Waals surface area (Å²) in [4.78, 5) is 24.9. The zero-order chi connectivity index (χ0) is 14.6. The summed E-state index contributed by atoms with van der Waals surface area (Å²) in [6.07, 6.45) is 0. The number of benzene rings is 1. The first-order valence-electron chi connectivity index (χ1n) is 5.80. The Labute approximate surface area is 117 Å². The SMILES string of the molecule is CC(C)N(C)C(=O)COC(=O)c1cc(N)cc(Cl)c1. The summed E-state index contributed by atoms with van der Waals surface area (Å²) >= 11 is 5.79. The van der Waals surface area contributed by atoms with Gasteiger partial charge in [-0.15, -0.1) is 0 Å². The highest BCUT2D eigenvalue weighted by molar-refractivity contribution is 6.31. The molecule has 19 heavy (non-hydrogen) atoms. The Hall–Kier alpha value is -1.75.